The van der Waals surface area contributed by atoms with Crippen LogP contribution in [0.25, 0.3) is 10.2 Å². The van der Waals surface area contributed by atoms with Crippen LogP contribution < -0.4 is 5.32 Å². The van der Waals surface area contributed by atoms with Crippen molar-refractivity contribution in [2.45, 2.75) is 6.18 Å². The lowest BCUT2D eigenvalue weighted by atomic mass is 10.4. The van der Waals surface area contributed by atoms with Gasteiger partial charge in [-0.1, -0.05) is 0 Å². The van der Waals surface area contributed by atoms with Crippen molar-refractivity contribution in [3.63, 3.8) is 0 Å². The predicted molar refractivity (Wildman–Crippen MR) is 52.0 cm³/mol. The largest absolute Gasteiger partial charge is 0.405 e. The predicted octanol–water partition coefficient (Wildman–Crippen LogP) is 2.67. The average Bonchev–Trinajstić information content (AvgIpc) is 2.61. The van der Waals surface area contributed by atoms with Crippen molar-refractivity contribution in [3.8, 4) is 0 Å². The molecule has 0 bridgehead atoms. The van der Waals surface area contributed by atoms with E-state index in [1.165, 1.54) is 17.7 Å². The molecule has 2 rings (SSSR count). The van der Waals surface area contributed by atoms with Crippen molar-refractivity contribution in [1.29, 1.82) is 0 Å². The number of nitrogens with one attached hydrogen (secondary N) is 1. The molecule has 0 atom stereocenters. The van der Waals surface area contributed by atoms with Crippen LogP contribution in [-0.2, 0) is 0 Å². The first kappa shape index (κ1) is 10.2. The van der Waals surface area contributed by atoms with Gasteiger partial charge in [0.25, 0.3) is 0 Å². The molecular weight excluding hydrogens is 227 g/mol. The number of thiophene rings is 1. The summed E-state index contributed by atoms with van der Waals surface area (Å²) in [5.74, 6) is 0.221. The minimum atomic E-state index is -4.24. The SMILES string of the molecule is FC(F)(F)CNc1ncnc2sccc12. The second-order valence-corrected chi connectivity index (χ2v) is 3.73. The Morgan fingerprint density at radius 3 is 2.87 bits per heavy atom. The maximum absolute atomic E-state index is 12.0. The fraction of sp³-hybridized carbons (Fsp3) is 0.250. The number of aromatic nitrogens is 2. The smallest absolute Gasteiger partial charge is 0.361 e. The van der Waals surface area contributed by atoms with Crippen molar-refractivity contribution >= 4 is 27.4 Å². The van der Waals surface area contributed by atoms with Crippen LogP contribution in [0.4, 0.5) is 19.0 Å². The lowest BCUT2D eigenvalue weighted by Crippen LogP contribution is -2.21. The number of anilines is 1. The molecule has 0 spiro atoms. The summed E-state index contributed by atoms with van der Waals surface area (Å²) in [7, 11) is 0. The summed E-state index contributed by atoms with van der Waals surface area (Å²) in [6, 6.07) is 1.69. The quantitative estimate of drug-likeness (QED) is 0.866. The molecule has 80 valence electrons. The topological polar surface area (TPSA) is 37.8 Å². The summed E-state index contributed by atoms with van der Waals surface area (Å²) >= 11 is 1.36. The molecule has 0 aliphatic heterocycles. The van der Waals surface area contributed by atoms with Gasteiger partial charge in [-0.05, 0) is 11.4 Å². The Morgan fingerprint density at radius 2 is 2.13 bits per heavy atom. The van der Waals surface area contributed by atoms with Gasteiger partial charge in [0.05, 0.1) is 5.39 Å². The monoisotopic (exact) mass is 233 g/mol. The summed E-state index contributed by atoms with van der Waals surface area (Å²) in [6.45, 7) is -1.09. The van der Waals surface area contributed by atoms with Gasteiger partial charge in [0.15, 0.2) is 0 Å². The molecule has 0 fully saturated rings. The molecule has 7 heteroatoms. The van der Waals surface area contributed by atoms with Gasteiger partial charge in [-0.3, -0.25) is 0 Å². The van der Waals surface area contributed by atoms with E-state index in [2.05, 4.69) is 15.3 Å². The Morgan fingerprint density at radius 1 is 1.33 bits per heavy atom. The number of hydrogen-bond donors (Lipinski definition) is 1. The maximum atomic E-state index is 12.0. The van der Waals surface area contributed by atoms with Crippen LogP contribution in [0.15, 0.2) is 17.8 Å². The fourth-order valence-corrected chi connectivity index (χ4v) is 1.85. The minimum Gasteiger partial charge on any atom is -0.361 e. The first-order valence-electron chi connectivity index (χ1n) is 4.05. The summed E-state index contributed by atoms with van der Waals surface area (Å²) in [6.07, 6.45) is -3.00. The number of hydrogen-bond acceptors (Lipinski definition) is 4. The van der Waals surface area contributed by atoms with Crippen LogP contribution in [0, 0.1) is 0 Å². The number of nitrogens with zero attached hydrogens (tertiary/aromatic N) is 2. The van der Waals surface area contributed by atoms with E-state index in [0.29, 0.717) is 10.2 Å². The molecule has 3 nitrogen and oxygen atoms in total. The molecule has 0 amide bonds. The van der Waals surface area contributed by atoms with E-state index < -0.39 is 12.7 Å². The van der Waals surface area contributed by atoms with Gasteiger partial charge in [-0.15, -0.1) is 11.3 Å². The molecule has 0 saturated heterocycles. The zero-order chi connectivity index (χ0) is 10.9. The van der Waals surface area contributed by atoms with Crippen molar-refractivity contribution < 1.29 is 13.2 Å². The van der Waals surface area contributed by atoms with Crippen molar-refractivity contribution in [3.05, 3.63) is 17.8 Å². The van der Waals surface area contributed by atoms with Gasteiger partial charge < -0.3 is 5.32 Å². The zero-order valence-electron chi connectivity index (χ0n) is 7.38. The molecule has 0 aliphatic carbocycles. The molecule has 0 aromatic carbocycles. The summed E-state index contributed by atoms with van der Waals surface area (Å²) in [5.41, 5.74) is 0. The Labute approximate surface area is 87.0 Å². The number of alkyl halides is 3. The van der Waals surface area contributed by atoms with Crippen LogP contribution in [0.5, 0.6) is 0 Å². The van der Waals surface area contributed by atoms with Crippen molar-refractivity contribution in [1.82, 2.24) is 9.97 Å². The number of fused-ring (bicyclic) bond motifs is 1. The molecule has 1 N–H and O–H groups in total. The molecule has 2 aromatic rings. The molecule has 2 aromatic heterocycles. The van der Waals surface area contributed by atoms with Gasteiger partial charge in [-0.2, -0.15) is 13.2 Å². The van der Waals surface area contributed by atoms with Crippen molar-refractivity contribution in [2.24, 2.45) is 0 Å². The first-order chi connectivity index (χ1) is 7.06. The molecule has 0 radical (unpaired) electrons. The number of rotatable bonds is 2. The standard InChI is InChI=1S/C8H6F3N3S/c9-8(10,11)3-12-6-5-1-2-15-7(5)14-4-13-6/h1-2,4H,3H2,(H,12,13,14). The highest BCUT2D eigenvalue weighted by Gasteiger charge is 2.27. The van der Waals surface area contributed by atoms with Crippen LogP contribution in [0.3, 0.4) is 0 Å². The van der Waals surface area contributed by atoms with Gasteiger partial charge >= 0.3 is 6.18 Å². The summed E-state index contributed by atoms with van der Waals surface area (Å²) in [5, 5.41) is 4.62. The normalized spacial score (nSPS) is 11.9. The van der Waals surface area contributed by atoms with Crippen LogP contribution in [0.2, 0.25) is 0 Å². The third-order valence-corrected chi connectivity index (χ3v) is 2.54. The van der Waals surface area contributed by atoms with E-state index in [1.54, 1.807) is 11.4 Å². The van der Waals surface area contributed by atoms with Crippen LogP contribution in [-0.4, -0.2) is 22.7 Å². The Hall–Kier alpha value is -1.37. The Kier molecular flexibility index (Phi) is 2.47. The zero-order valence-corrected chi connectivity index (χ0v) is 8.19. The summed E-state index contributed by atoms with van der Waals surface area (Å²) < 4.78 is 35.9. The number of halogens is 3. The van der Waals surface area contributed by atoms with Gasteiger partial charge in [0.2, 0.25) is 0 Å². The van der Waals surface area contributed by atoms with E-state index in [-0.39, 0.29) is 5.82 Å². The maximum Gasteiger partial charge on any atom is 0.405 e. The van der Waals surface area contributed by atoms with Crippen LogP contribution >= 0.6 is 11.3 Å². The Bertz CT molecular complexity index is 465. The van der Waals surface area contributed by atoms with E-state index in [0.717, 1.165) is 0 Å². The first-order valence-corrected chi connectivity index (χ1v) is 4.93. The van der Waals surface area contributed by atoms with Crippen LogP contribution in [0.1, 0.15) is 0 Å². The van der Waals surface area contributed by atoms with Gasteiger partial charge in [0.1, 0.15) is 23.5 Å². The second-order valence-electron chi connectivity index (χ2n) is 2.83. The lowest BCUT2D eigenvalue weighted by molar-refractivity contribution is -0.115. The molecule has 15 heavy (non-hydrogen) atoms. The van der Waals surface area contributed by atoms with E-state index in [4.69, 9.17) is 0 Å². The highest BCUT2D eigenvalue weighted by atomic mass is 32.1. The third kappa shape index (κ3) is 2.35. The fourth-order valence-electron chi connectivity index (χ4n) is 1.11. The molecule has 0 aliphatic rings. The third-order valence-electron chi connectivity index (χ3n) is 1.72. The summed E-state index contributed by atoms with van der Waals surface area (Å²) in [4.78, 5) is 8.37. The molecule has 0 saturated carbocycles. The van der Waals surface area contributed by atoms with E-state index in [1.807, 2.05) is 0 Å². The highest BCUT2D eigenvalue weighted by molar-refractivity contribution is 7.16. The molecule has 2 heterocycles. The van der Waals surface area contributed by atoms with E-state index in [9.17, 15) is 13.2 Å². The highest BCUT2D eigenvalue weighted by Crippen LogP contribution is 2.24. The van der Waals surface area contributed by atoms with Crippen molar-refractivity contribution in [2.75, 3.05) is 11.9 Å². The molecular formula is C8H6F3N3S. The van der Waals surface area contributed by atoms with E-state index >= 15 is 0 Å². The van der Waals surface area contributed by atoms with Gasteiger partial charge in [0, 0.05) is 0 Å². The average molecular weight is 233 g/mol. The minimum absolute atomic E-state index is 0.221. The lowest BCUT2D eigenvalue weighted by Gasteiger charge is -2.08. The second kappa shape index (κ2) is 3.65. The Balaban J connectivity index is 2.24. The molecule has 0 unspecified atom stereocenters. The van der Waals surface area contributed by atoms with Gasteiger partial charge in [-0.25, -0.2) is 9.97 Å².